The monoisotopic (exact) mass is 404 g/mol. The summed E-state index contributed by atoms with van der Waals surface area (Å²) in [5.74, 6) is 0.721. The number of aromatic nitrogens is 3. The molecule has 0 saturated carbocycles. The van der Waals surface area contributed by atoms with Crippen LogP contribution in [0.4, 0.5) is 17.6 Å². The average Bonchev–Trinajstić information content (AvgIpc) is 2.74. The summed E-state index contributed by atoms with van der Waals surface area (Å²) in [7, 11) is 1.41. The lowest BCUT2D eigenvalue weighted by molar-refractivity contribution is -0.148. The number of carbonyl (C=O) groups excluding carboxylic acids is 1. The number of hydrogen-bond donors (Lipinski definition) is 2. The third-order valence-electron chi connectivity index (χ3n) is 5.25. The number of nitrogens with zero attached hydrogens (tertiary/aromatic N) is 4. The Hall–Kier alpha value is -3.52. The topological polar surface area (TPSA) is 106 Å². The SMILES string of the molecule is COC(=O)[C@H]1Cc2ccccc2CN1Cc1nc(N)nc(Nc2ccccc2C)n1. The first-order valence-electron chi connectivity index (χ1n) is 9.75. The van der Waals surface area contributed by atoms with Crippen molar-refractivity contribution in [1.29, 1.82) is 0 Å². The normalized spacial score (nSPS) is 16.0. The zero-order chi connectivity index (χ0) is 21.1. The molecule has 0 unspecified atom stereocenters. The smallest absolute Gasteiger partial charge is 0.323 e. The number of nitrogens with one attached hydrogen (secondary N) is 1. The molecule has 154 valence electrons. The van der Waals surface area contributed by atoms with Crippen molar-refractivity contribution in [3.8, 4) is 0 Å². The number of para-hydroxylation sites is 1. The molecule has 8 heteroatoms. The molecule has 30 heavy (non-hydrogen) atoms. The lowest BCUT2D eigenvalue weighted by atomic mass is 9.94. The summed E-state index contributed by atoms with van der Waals surface area (Å²) >= 11 is 0. The van der Waals surface area contributed by atoms with Crippen LogP contribution in [0.3, 0.4) is 0 Å². The van der Waals surface area contributed by atoms with Gasteiger partial charge in [-0.25, -0.2) is 0 Å². The molecule has 4 rings (SSSR count). The summed E-state index contributed by atoms with van der Waals surface area (Å²) in [5.41, 5.74) is 10.2. The van der Waals surface area contributed by atoms with Crippen LogP contribution in [0.15, 0.2) is 48.5 Å². The summed E-state index contributed by atoms with van der Waals surface area (Å²) in [4.78, 5) is 27.5. The quantitative estimate of drug-likeness (QED) is 0.625. The van der Waals surface area contributed by atoms with Crippen molar-refractivity contribution in [2.24, 2.45) is 0 Å². The van der Waals surface area contributed by atoms with E-state index in [2.05, 4.69) is 26.3 Å². The van der Waals surface area contributed by atoms with Crippen LogP contribution in [0.1, 0.15) is 22.5 Å². The van der Waals surface area contributed by atoms with Crippen molar-refractivity contribution in [3.63, 3.8) is 0 Å². The molecule has 0 amide bonds. The van der Waals surface area contributed by atoms with Gasteiger partial charge in [-0.15, -0.1) is 0 Å². The van der Waals surface area contributed by atoms with Crippen molar-refractivity contribution in [1.82, 2.24) is 19.9 Å². The molecule has 1 aliphatic rings. The van der Waals surface area contributed by atoms with Crippen LogP contribution >= 0.6 is 0 Å². The number of fused-ring (bicyclic) bond motifs is 1. The maximum Gasteiger partial charge on any atom is 0.323 e. The Balaban J connectivity index is 1.60. The standard InChI is InChI=1S/C22H24N6O2/c1-14-7-3-6-10-17(14)24-22-26-19(25-21(23)27-22)13-28-12-16-9-5-4-8-15(16)11-18(28)20(29)30-2/h3-10,18H,11-13H2,1-2H3,(H3,23,24,25,26,27)/t18-/m1/s1. The van der Waals surface area contributed by atoms with Crippen LogP contribution in [-0.2, 0) is 29.0 Å². The van der Waals surface area contributed by atoms with Gasteiger partial charge in [-0.05, 0) is 36.1 Å². The number of benzene rings is 2. The van der Waals surface area contributed by atoms with E-state index in [1.165, 1.54) is 12.7 Å². The van der Waals surface area contributed by atoms with Crippen LogP contribution in [0, 0.1) is 6.92 Å². The van der Waals surface area contributed by atoms with Crippen LogP contribution in [0.5, 0.6) is 0 Å². The molecule has 0 fully saturated rings. The summed E-state index contributed by atoms with van der Waals surface area (Å²) < 4.78 is 5.04. The number of esters is 1. The van der Waals surface area contributed by atoms with E-state index < -0.39 is 6.04 Å². The summed E-state index contributed by atoms with van der Waals surface area (Å²) in [6.45, 7) is 2.95. The van der Waals surface area contributed by atoms with E-state index >= 15 is 0 Å². The Morgan fingerprint density at radius 3 is 2.63 bits per heavy atom. The molecule has 0 spiro atoms. The molecule has 2 aromatic carbocycles. The molecule has 3 N–H and O–H groups in total. The fourth-order valence-corrected chi connectivity index (χ4v) is 3.69. The third-order valence-corrected chi connectivity index (χ3v) is 5.25. The lowest BCUT2D eigenvalue weighted by Crippen LogP contribution is -2.45. The fraction of sp³-hybridized carbons (Fsp3) is 0.273. The van der Waals surface area contributed by atoms with E-state index in [0.717, 1.165) is 16.8 Å². The molecule has 2 heterocycles. The second kappa shape index (κ2) is 8.46. The number of rotatable bonds is 5. The van der Waals surface area contributed by atoms with Gasteiger partial charge in [0.05, 0.1) is 13.7 Å². The van der Waals surface area contributed by atoms with Gasteiger partial charge in [0.2, 0.25) is 11.9 Å². The molecule has 0 bridgehead atoms. The number of nitrogen functional groups attached to an aromatic ring is 1. The minimum Gasteiger partial charge on any atom is -0.468 e. The average molecular weight is 404 g/mol. The predicted molar refractivity (Wildman–Crippen MR) is 114 cm³/mol. The van der Waals surface area contributed by atoms with Gasteiger partial charge in [-0.1, -0.05) is 42.5 Å². The minimum atomic E-state index is -0.407. The van der Waals surface area contributed by atoms with E-state index in [-0.39, 0.29) is 11.9 Å². The maximum atomic E-state index is 12.4. The van der Waals surface area contributed by atoms with Gasteiger partial charge in [0, 0.05) is 12.2 Å². The summed E-state index contributed by atoms with van der Waals surface area (Å²) in [6.07, 6.45) is 0.581. The zero-order valence-corrected chi connectivity index (χ0v) is 17.0. The molecule has 1 aromatic heterocycles. The number of methoxy groups -OCH3 is 1. The highest BCUT2D eigenvalue weighted by atomic mass is 16.5. The molecular formula is C22H24N6O2. The van der Waals surface area contributed by atoms with Crippen molar-refractivity contribution in [3.05, 3.63) is 71.0 Å². The Bertz CT molecular complexity index is 1070. The summed E-state index contributed by atoms with van der Waals surface area (Å²) in [5, 5.41) is 3.20. The second-order valence-electron chi connectivity index (χ2n) is 7.29. The highest BCUT2D eigenvalue weighted by Crippen LogP contribution is 2.25. The van der Waals surface area contributed by atoms with Gasteiger partial charge in [-0.2, -0.15) is 15.0 Å². The minimum absolute atomic E-state index is 0.128. The first-order valence-corrected chi connectivity index (χ1v) is 9.75. The summed E-state index contributed by atoms with van der Waals surface area (Å²) in [6, 6.07) is 15.6. The number of hydrogen-bond acceptors (Lipinski definition) is 8. The van der Waals surface area contributed by atoms with Crippen LogP contribution in [-0.4, -0.2) is 39.0 Å². The molecule has 8 nitrogen and oxygen atoms in total. The van der Waals surface area contributed by atoms with E-state index in [0.29, 0.717) is 31.3 Å². The Morgan fingerprint density at radius 1 is 1.13 bits per heavy atom. The number of ether oxygens (including phenoxy) is 1. The Kier molecular flexibility index (Phi) is 5.58. The van der Waals surface area contributed by atoms with E-state index in [1.54, 1.807) is 0 Å². The zero-order valence-electron chi connectivity index (χ0n) is 17.0. The number of nitrogens with two attached hydrogens (primary N) is 1. The van der Waals surface area contributed by atoms with Gasteiger partial charge in [0.25, 0.3) is 0 Å². The predicted octanol–water partition coefficient (Wildman–Crippen LogP) is 2.61. The molecule has 3 aromatic rings. The van der Waals surface area contributed by atoms with Gasteiger partial charge < -0.3 is 15.8 Å². The number of aryl methyl sites for hydroxylation is 1. The van der Waals surface area contributed by atoms with E-state index in [9.17, 15) is 4.79 Å². The van der Waals surface area contributed by atoms with Crippen molar-refractivity contribution >= 4 is 23.6 Å². The van der Waals surface area contributed by atoms with E-state index in [4.69, 9.17) is 10.5 Å². The van der Waals surface area contributed by atoms with Crippen molar-refractivity contribution < 1.29 is 9.53 Å². The molecule has 0 aliphatic carbocycles. The molecule has 1 aliphatic heterocycles. The second-order valence-corrected chi connectivity index (χ2v) is 7.29. The fourth-order valence-electron chi connectivity index (χ4n) is 3.69. The van der Waals surface area contributed by atoms with Crippen LogP contribution < -0.4 is 11.1 Å². The van der Waals surface area contributed by atoms with Gasteiger partial charge in [-0.3, -0.25) is 9.69 Å². The molecule has 0 saturated heterocycles. The number of carbonyl (C=O) groups is 1. The van der Waals surface area contributed by atoms with Gasteiger partial charge in [0.1, 0.15) is 11.9 Å². The molecular weight excluding hydrogens is 380 g/mol. The van der Waals surface area contributed by atoms with E-state index in [1.807, 2.05) is 54.3 Å². The highest BCUT2D eigenvalue weighted by molar-refractivity contribution is 5.76. The Morgan fingerprint density at radius 2 is 1.87 bits per heavy atom. The first-order chi connectivity index (χ1) is 14.5. The third kappa shape index (κ3) is 4.23. The van der Waals surface area contributed by atoms with Crippen LogP contribution in [0.2, 0.25) is 0 Å². The lowest BCUT2D eigenvalue weighted by Gasteiger charge is -2.34. The first kappa shape index (κ1) is 19.8. The number of anilines is 3. The molecule has 1 atom stereocenters. The molecule has 0 radical (unpaired) electrons. The van der Waals surface area contributed by atoms with Gasteiger partial charge >= 0.3 is 5.97 Å². The van der Waals surface area contributed by atoms with Crippen molar-refractivity contribution in [2.45, 2.75) is 32.5 Å². The van der Waals surface area contributed by atoms with Crippen LogP contribution in [0.25, 0.3) is 0 Å². The maximum absolute atomic E-state index is 12.4. The largest absolute Gasteiger partial charge is 0.468 e. The highest BCUT2D eigenvalue weighted by Gasteiger charge is 2.32. The van der Waals surface area contributed by atoms with Gasteiger partial charge in [0.15, 0.2) is 0 Å². The Labute approximate surface area is 175 Å². The van der Waals surface area contributed by atoms with Crippen molar-refractivity contribution in [2.75, 3.05) is 18.2 Å².